The van der Waals surface area contributed by atoms with Gasteiger partial charge in [0.15, 0.2) is 6.29 Å². The number of halogens is 1. The number of carbonyl (C=O) groups is 3. The maximum Gasteiger partial charge on any atom is 0.331 e. The van der Waals surface area contributed by atoms with Gasteiger partial charge in [0.1, 0.15) is 5.75 Å². The highest BCUT2D eigenvalue weighted by molar-refractivity contribution is 6.30. The molecule has 0 radical (unpaired) electrons. The summed E-state index contributed by atoms with van der Waals surface area (Å²) in [5.41, 5.74) is 2.52. The van der Waals surface area contributed by atoms with Crippen LogP contribution in [0, 0.1) is 6.92 Å². The minimum absolute atomic E-state index is 0.0493. The number of rotatable bonds is 8. The molecule has 0 spiro atoms. The van der Waals surface area contributed by atoms with E-state index >= 15 is 0 Å². The molecule has 10 heteroatoms. The molecule has 2 fully saturated rings. The maximum absolute atomic E-state index is 13.5. The van der Waals surface area contributed by atoms with E-state index in [-0.39, 0.29) is 31.1 Å². The summed E-state index contributed by atoms with van der Waals surface area (Å²) in [6, 6.07) is 11.6. The van der Waals surface area contributed by atoms with Crippen LogP contribution in [-0.2, 0) is 11.3 Å². The number of hydrogen-bond donors (Lipinski definition) is 3. The Balaban J connectivity index is 1.56. The van der Waals surface area contributed by atoms with Crippen LogP contribution in [0.3, 0.4) is 0 Å². The molecule has 186 valence electrons. The number of nitrogens with one attached hydrogen (secondary N) is 3. The van der Waals surface area contributed by atoms with Crippen molar-refractivity contribution in [1.29, 1.82) is 0 Å². The van der Waals surface area contributed by atoms with Gasteiger partial charge in [-0.3, -0.25) is 15.0 Å². The second-order valence-corrected chi connectivity index (χ2v) is 9.53. The van der Waals surface area contributed by atoms with E-state index in [2.05, 4.69) is 16.0 Å². The lowest BCUT2D eigenvalue weighted by atomic mass is 10.2. The number of imide groups is 1. The van der Waals surface area contributed by atoms with Crippen molar-refractivity contribution in [2.45, 2.75) is 58.6 Å². The number of carbonyl (C=O) groups excluding carboxylic acids is 3. The summed E-state index contributed by atoms with van der Waals surface area (Å²) in [5, 5.41) is 9.56. The molecule has 5 amide bonds. The van der Waals surface area contributed by atoms with Gasteiger partial charge in [0, 0.05) is 23.2 Å². The predicted octanol–water partition coefficient (Wildman–Crippen LogP) is 4.06. The van der Waals surface area contributed by atoms with Gasteiger partial charge >= 0.3 is 12.1 Å². The van der Waals surface area contributed by atoms with E-state index in [0.717, 1.165) is 27.5 Å². The molecule has 2 aromatic carbocycles. The normalized spacial score (nSPS) is 20.2. The van der Waals surface area contributed by atoms with Crippen molar-refractivity contribution in [3.63, 3.8) is 0 Å². The third kappa shape index (κ3) is 5.97. The average molecular weight is 500 g/mol. The topological polar surface area (TPSA) is 103 Å². The molecule has 2 atom stereocenters. The first kappa shape index (κ1) is 24.7. The molecule has 0 bridgehead atoms. The summed E-state index contributed by atoms with van der Waals surface area (Å²) in [4.78, 5) is 40.7. The zero-order valence-electron chi connectivity index (χ0n) is 20.0. The van der Waals surface area contributed by atoms with Crippen molar-refractivity contribution >= 4 is 35.3 Å². The smallest absolute Gasteiger partial charge is 0.331 e. The summed E-state index contributed by atoms with van der Waals surface area (Å²) in [5.74, 6) is 0.704. The Hall–Kier alpha value is -3.46. The Kier molecular flexibility index (Phi) is 7.35. The molecule has 0 aliphatic carbocycles. The summed E-state index contributed by atoms with van der Waals surface area (Å²) in [6.07, 6.45) is 0.242. The van der Waals surface area contributed by atoms with Gasteiger partial charge in [-0.05, 0) is 68.7 Å². The first-order valence-electron chi connectivity index (χ1n) is 11.7. The first-order chi connectivity index (χ1) is 16.7. The molecule has 1 unspecified atom stereocenters. The van der Waals surface area contributed by atoms with Gasteiger partial charge in [0.25, 0.3) is 0 Å². The van der Waals surface area contributed by atoms with Crippen LogP contribution in [0.2, 0.25) is 5.02 Å². The number of benzene rings is 2. The summed E-state index contributed by atoms with van der Waals surface area (Å²) < 4.78 is 5.81. The highest BCUT2D eigenvalue weighted by atomic mass is 35.5. The molecule has 35 heavy (non-hydrogen) atoms. The van der Waals surface area contributed by atoms with Crippen LogP contribution < -0.4 is 20.7 Å². The standard InChI is InChI=1S/C25H30ClN5O4/c1-15(2)35-21-10-8-19(12-16(21)3)28-23-29-24(33)31(14-20-9-11-22(32)27-20)25(34)30(23)13-17-4-6-18(26)7-5-17/h4-8,10,12,15,20,23,28H,9,11,13-14H2,1-3H3,(H,27,32)(H,29,33)/t20-,23?/m0/s1. The highest BCUT2D eigenvalue weighted by Gasteiger charge is 2.40. The molecule has 2 heterocycles. The van der Waals surface area contributed by atoms with Crippen LogP contribution in [0.25, 0.3) is 0 Å². The molecule has 2 aliphatic heterocycles. The summed E-state index contributed by atoms with van der Waals surface area (Å²) in [7, 11) is 0. The van der Waals surface area contributed by atoms with Gasteiger partial charge < -0.3 is 15.4 Å². The van der Waals surface area contributed by atoms with Crippen LogP contribution >= 0.6 is 11.6 Å². The summed E-state index contributed by atoms with van der Waals surface area (Å²) in [6.45, 7) is 6.23. The zero-order valence-corrected chi connectivity index (χ0v) is 20.8. The van der Waals surface area contributed by atoms with E-state index in [9.17, 15) is 14.4 Å². The molecule has 2 saturated heterocycles. The molecule has 4 rings (SSSR count). The van der Waals surface area contributed by atoms with Gasteiger partial charge in [-0.1, -0.05) is 23.7 Å². The van der Waals surface area contributed by atoms with Crippen molar-refractivity contribution in [1.82, 2.24) is 20.4 Å². The Bertz CT molecular complexity index is 1110. The van der Waals surface area contributed by atoms with Gasteiger partial charge in [0.2, 0.25) is 5.91 Å². The van der Waals surface area contributed by atoms with E-state index in [0.29, 0.717) is 17.9 Å². The van der Waals surface area contributed by atoms with E-state index in [1.165, 1.54) is 0 Å². The molecule has 0 aromatic heterocycles. The van der Waals surface area contributed by atoms with Gasteiger partial charge in [0.05, 0.1) is 19.2 Å². The quantitative estimate of drug-likeness (QED) is 0.508. The fourth-order valence-corrected chi connectivity index (χ4v) is 4.29. The van der Waals surface area contributed by atoms with Gasteiger partial charge in [-0.15, -0.1) is 0 Å². The molecular weight excluding hydrogens is 470 g/mol. The van der Waals surface area contributed by atoms with E-state index < -0.39 is 18.4 Å². The van der Waals surface area contributed by atoms with Crippen molar-refractivity contribution < 1.29 is 19.1 Å². The van der Waals surface area contributed by atoms with E-state index in [1.807, 2.05) is 51.1 Å². The second-order valence-electron chi connectivity index (χ2n) is 9.09. The molecular formula is C25H30ClN5O4. The van der Waals surface area contributed by atoms with Crippen LogP contribution in [0.1, 0.15) is 37.8 Å². The molecule has 3 N–H and O–H groups in total. The number of ether oxygens (including phenoxy) is 1. The largest absolute Gasteiger partial charge is 0.491 e. The Morgan fingerprint density at radius 2 is 1.86 bits per heavy atom. The predicted molar refractivity (Wildman–Crippen MR) is 133 cm³/mol. The number of nitrogens with zero attached hydrogens (tertiary/aromatic N) is 2. The second kappa shape index (κ2) is 10.4. The Morgan fingerprint density at radius 3 is 2.49 bits per heavy atom. The van der Waals surface area contributed by atoms with Gasteiger partial charge in [-0.25, -0.2) is 14.5 Å². The number of amides is 5. The van der Waals surface area contributed by atoms with Crippen molar-refractivity contribution in [2.24, 2.45) is 0 Å². The van der Waals surface area contributed by atoms with Crippen LogP contribution in [0.4, 0.5) is 15.3 Å². The van der Waals surface area contributed by atoms with Crippen molar-refractivity contribution in [3.8, 4) is 5.75 Å². The Labute approximate surface area is 209 Å². The van der Waals surface area contributed by atoms with Crippen LogP contribution in [0.5, 0.6) is 5.75 Å². The van der Waals surface area contributed by atoms with Gasteiger partial charge in [-0.2, -0.15) is 0 Å². The lowest BCUT2D eigenvalue weighted by molar-refractivity contribution is -0.119. The zero-order chi connectivity index (χ0) is 25.1. The van der Waals surface area contributed by atoms with E-state index in [4.69, 9.17) is 16.3 Å². The van der Waals surface area contributed by atoms with Crippen molar-refractivity contribution in [2.75, 3.05) is 11.9 Å². The lowest BCUT2D eigenvalue weighted by Gasteiger charge is -2.42. The highest BCUT2D eigenvalue weighted by Crippen LogP contribution is 2.25. The monoisotopic (exact) mass is 499 g/mol. The fraction of sp³-hybridized carbons (Fsp3) is 0.400. The lowest BCUT2D eigenvalue weighted by Crippen LogP contribution is -2.68. The van der Waals surface area contributed by atoms with Crippen LogP contribution in [0.15, 0.2) is 42.5 Å². The average Bonchev–Trinajstić information content (AvgIpc) is 3.21. The van der Waals surface area contributed by atoms with Crippen LogP contribution in [-0.4, -0.2) is 52.7 Å². The fourth-order valence-electron chi connectivity index (χ4n) is 4.16. The number of aryl methyl sites for hydroxylation is 1. The molecule has 0 saturated carbocycles. The molecule has 9 nitrogen and oxygen atoms in total. The third-order valence-corrected chi connectivity index (χ3v) is 6.14. The number of hydrogen-bond acceptors (Lipinski definition) is 5. The maximum atomic E-state index is 13.5. The number of urea groups is 2. The Morgan fingerprint density at radius 1 is 1.11 bits per heavy atom. The SMILES string of the molecule is Cc1cc(NC2NC(=O)N(C[C@@H]3CCC(=O)N3)C(=O)N2Cc2ccc(Cl)cc2)ccc1OC(C)C. The summed E-state index contributed by atoms with van der Waals surface area (Å²) >= 11 is 6.02. The van der Waals surface area contributed by atoms with E-state index in [1.54, 1.807) is 17.0 Å². The van der Waals surface area contributed by atoms with Crippen molar-refractivity contribution in [3.05, 3.63) is 58.6 Å². The first-order valence-corrected chi connectivity index (χ1v) is 12.0. The minimum atomic E-state index is -0.781. The number of anilines is 1. The minimum Gasteiger partial charge on any atom is -0.491 e. The molecule has 2 aromatic rings. The third-order valence-electron chi connectivity index (χ3n) is 5.89. The molecule has 2 aliphatic rings.